The normalized spacial score (nSPS) is 12.7. The molecule has 68 heavy (non-hydrogen) atoms. The van der Waals surface area contributed by atoms with Gasteiger partial charge in [-0.2, -0.15) is 0 Å². The van der Waals surface area contributed by atoms with Crippen LogP contribution >= 0.6 is 0 Å². The van der Waals surface area contributed by atoms with Crippen LogP contribution in [0.2, 0.25) is 0 Å². The van der Waals surface area contributed by atoms with Crippen LogP contribution in [0.5, 0.6) is 0 Å². The van der Waals surface area contributed by atoms with Crippen LogP contribution in [0.1, 0.15) is 271 Å². The van der Waals surface area contributed by atoms with Crippen LogP contribution in [0.25, 0.3) is 0 Å². The Hall–Kier alpha value is -3.41. The van der Waals surface area contributed by atoms with Crippen molar-refractivity contribution in [2.45, 2.75) is 277 Å². The quantitative estimate of drug-likeness (QED) is 0.0262. The average Bonchev–Trinajstić information content (AvgIpc) is 3.34. The Bertz CT molecular complexity index is 1320. The fourth-order valence-corrected chi connectivity index (χ4v) is 7.85. The fraction of sp³-hybridized carbons (Fsp3) is 0.726. The van der Waals surface area contributed by atoms with E-state index in [0.29, 0.717) is 19.3 Å². The van der Waals surface area contributed by atoms with Crippen molar-refractivity contribution in [2.24, 2.45) is 0 Å². The smallest absolute Gasteiger partial charge is 0.306 e. The zero-order valence-corrected chi connectivity index (χ0v) is 44.6. The Morgan fingerprint density at radius 3 is 0.985 bits per heavy atom. The van der Waals surface area contributed by atoms with E-state index < -0.39 is 6.10 Å². The van der Waals surface area contributed by atoms with Gasteiger partial charge in [0.05, 0.1) is 0 Å². The molecule has 390 valence electrons. The first-order valence-corrected chi connectivity index (χ1v) is 28.6. The van der Waals surface area contributed by atoms with Crippen molar-refractivity contribution in [1.29, 1.82) is 0 Å². The topological polar surface area (TPSA) is 78.9 Å². The van der Waals surface area contributed by atoms with Crippen LogP contribution in [-0.2, 0) is 28.6 Å². The average molecular weight is 948 g/mol. The van der Waals surface area contributed by atoms with Gasteiger partial charge in [0, 0.05) is 19.3 Å². The zero-order chi connectivity index (χ0) is 49.3. The van der Waals surface area contributed by atoms with Crippen molar-refractivity contribution in [2.75, 3.05) is 13.2 Å². The van der Waals surface area contributed by atoms with E-state index in [1.807, 2.05) is 0 Å². The number of esters is 3. The maximum Gasteiger partial charge on any atom is 0.306 e. The minimum atomic E-state index is -0.811. The highest BCUT2D eigenvalue weighted by molar-refractivity contribution is 5.71. The lowest BCUT2D eigenvalue weighted by molar-refractivity contribution is -0.167. The van der Waals surface area contributed by atoms with Gasteiger partial charge in [-0.1, -0.05) is 254 Å². The second-order valence-electron chi connectivity index (χ2n) is 18.8. The highest BCUT2D eigenvalue weighted by Gasteiger charge is 2.19. The van der Waals surface area contributed by atoms with Crippen molar-refractivity contribution >= 4 is 17.9 Å². The summed E-state index contributed by atoms with van der Waals surface area (Å²) in [6.45, 7) is 6.45. The summed E-state index contributed by atoms with van der Waals surface area (Å²) in [7, 11) is 0. The number of carbonyl (C=O) groups excluding carboxylic acids is 3. The highest BCUT2D eigenvalue weighted by Crippen LogP contribution is 2.16. The van der Waals surface area contributed by atoms with Gasteiger partial charge in [0.2, 0.25) is 0 Å². The van der Waals surface area contributed by atoms with Crippen LogP contribution in [-0.4, -0.2) is 37.2 Å². The maximum absolute atomic E-state index is 12.8. The third-order valence-electron chi connectivity index (χ3n) is 12.1. The molecule has 1 unspecified atom stereocenters. The molecule has 0 N–H and O–H groups in total. The predicted octanol–water partition coefficient (Wildman–Crippen LogP) is 19.2. The van der Waals surface area contributed by atoms with Gasteiger partial charge in [-0.3, -0.25) is 14.4 Å². The molecule has 0 heterocycles. The molecule has 0 bridgehead atoms. The van der Waals surface area contributed by atoms with E-state index >= 15 is 0 Å². The number of hydrogen-bond donors (Lipinski definition) is 0. The van der Waals surface area contributed by atoms with E-state index in [1.165, 1.54) is 122 Å². The molecule has 0 aliphatic rings. The summed E-state index contributed by atoms with van der Waals surface area (Å²) in [4.78, 5) is 38.1. The first kappa shape index (κ1) is 64.6. The van der Waals surface area contributed by atoms with E-state index in [1.54, 1.807) is 0 Å². The van der Waals surface area contributed by atoms with E-state index in [4.69, 9.17) is 14.2 Å². The van der Waals surface area contributed by atoms with Crippen LogP contribution < -0.4 is 0 Å². The lowest BCUT2D eigenvalue weighted by Gasteiger charge is -2.18. The molecule has 0 rings (SSSR count). The van der Waals surface area contributed by atoms with Crippen LogP contribution in [0, 0.1) is 0 Å². The molecule has 0 radical (unpaired) electrons. The lowest BCUT2D eigenvalue weighted by Crippen LogP contribution is -2.30. The van der Waals surface area contributed by atoms with Crippen molar-refractivity contribution in [3.8, 4) is 0 Å². The lowest BCUT2D eigenvalue weighted by atomic mass is 10.0. The molecule has 0 saturated heterocycles. The maximum atomic E-state index is 12.8. The first-order chi connectivity index (χ1) is 33.5. The van der Waals surface area contributed by atoms with E-state index in [0.717, 1.165) is 103 Å². The minimum absolute atomic E-state index is 0.102. The van der Waals surface area contributed by atoms with Gasteiger partial charge in [0.15, 0.2) is 6.10 Å². The molecule has 0 aromatic rings. The summed E-state index contributed by atoms with van der Waals surface area (Å²) in [5.74, 6) is -0.969. The number of carbonyl (C=O) groups is 3. The van der Waals surface area contributed by atoms with Crippen LogP contribution in [0.3, 0.4) is 0 Å². The fourth-order valence-electron chi connectivity index (χ4n) is 7.85. The van der Waals surface area contributed by atoms with E-state index in [-0.39, 0.29) is 37.5 Å². The molecule has 0 aliphatic heterocycles. The number of hydrogen-bond acceptors (Lipinski definition) is 6. The molecule has 0 saturated carbocycles. The summed E-state index contributed by atoms with van der Waals surface area (Å²) in [6.07, 6.45) is 72.9. The Morgan fingerprint density at radius 2 is 0.603 bits per heavy atom. The third-order valence-corrected chi connectivity index (χ3v) is 12.1. The Morgan fingerprint density at radius 1 is 0.309 bits per heavy atom. The van der Waals surface area contributed by atoms with Crippen LogP contribution in [0.15, 0.2) is 85.1 Å². The summed E-state index contributed by atoms with van der Waals surface area (Å²) >= 11 is 0. The molecule has 0 aromatic carbocycles. The Labute approximate surface area is 420 Å². The highest BCUT2D eigenvalue weighted by atomic mass is 16.6. The van der Waals surface area contributed by atoms with Gasteiger partial charge < -0.3 is 14.2 Å². The van der Waals surface area contributed by atoms with E-state index in [2.05, 4.69) is 106 Å². The van der Waals surface area contributed by atoms with Gasteiger partial charge in [0.1, 0.15) is 13.2 Å². The summed E-state index contributed by atoms with van der Waals surface area (Å²) in [5, 5.41) is 0. The van der Waals surface area contributed by atoms with Gasteiger partial charge in [-0.25, -0.2) is 0 Å². The van der Waals surface area contributed by atoms with Crippen molar-refractivity contribution < 1.29 is 28.6 Å². The van der Waals surface area contributed by atoms with Crippen LogP contribution in [0.4, 0.5) is 0 Å². The number of unbranched alkanes of at least 4 members (excludes halogenated alkanes) is 26. The molecular formula is C62H106O6. The van der Waals surface area contributed by atoms with Gasteiger partial charge in [-0.05, 0) is 83.5 Å². The summed E-state index contributed by atoms with van der Waals surface area (Å²) < 4.78 is 16.8. The van der Waals surface area contributed by atoms with Gasteiger partial charge >= 0.3 is 17.9 Å². The molecule has 6 heteroatoms. The second-order valence-corrected chi connectivity index (χ2v) is 18.8. The number of rotatable bonds is 51. The monoisotopic (exact) mass is 947 g/mol. The van der Waals surface area contributed by atoms with E-state index in [9.17, 15) is 14.4 Å². The summed E-state index contributed by atoms with van der Waals surface area (Å²) in [5.41, 5.74) is 0. The van der Waals surface area contributed by atoms with Gasteiger partial charge in [-0.15, -0.1) is 0 Å². The zero-order valence-electron chi connectivity index (χ0n) is 44.6. The molecule has 0 fully saturated rings. The first-order valence-electron chi connectivity index (χ1n) is 28.6. The molecular weight excluding hydrogens is 841 g/mol. The number of allylic oxidation sites excluding steroid dienone is 14. The van der Waals surface area contributed by atoms with Gasteiger partial charge in [0.25, 0.3) is 0 Å². The SMILES string of the molecule is CC/C=C\C/C=C\C/C=C\C/C=C\C/C=C\CCCC(=O)OC(COC(=O)CCCCCCC/C=C\C/C=C\CCCC)COC(=O)CCCCCCCCCCCCCCCCCCCCC. The third kappa shape index (κ3) is 53.5. The summed E-state index contributed by atoms with van der Waals surface area (Å²) in [6, 6.07) is 0. The molecule has 6 nitrogen and oxygen atoms in total. The minimum Gasteiger partial charge on any atom is -0.462 e. The predicted molar refractivity (Wildman–Crippen MR) is 293 cm³/mol. The van der Waals surface area contributed by atoms with Crippen molar-refractivity contribution in [3.05, 3.63) is 85.1 Å². The number of ether oxygens (including phenoxy) is 3. The standard InChI is InChI=1S/C62H106O6/c1-4-7-10-13-16-19-22-25-28-30-31-33-34-37-40-43-46-49-52-55-61(64)67-58-59(57-66-60(63)54-51-48-45-42-39-36-27-24-21-18-15-12-9-6-3)68-62(65)56-53-50-47-44-41-38-35-32-29-26-23-20-17-14-11-8-5-2/h8,11,15,17-18,20,24,26-27,29,35,38,44,47,59H,4-7,9-10,12-14,16,19,21-23,25,28,30-34,36-37,39-43,45-46,48-58H2,1-3H3/b11-8-,18-15-,20-17-,27-24-,29-26-,38-35-,47-44-. The van der Waals surface area contributed by atoms with Crippen molar-refractivity contribution in [3.63, 3.8) is 0 Å². The largest absolute Gasteiger partial charge is 0.462 e. The Balaban J connectivity index is 4.45. The molecule has 0 spiro atoms. The molecule has 0 aromatic heterocycles. The molecule has 1 atom stereocenters. The molecule has 0 aliphatic carbocycles. The Kier molecular flexibility index (Phi) is 53.4. The second kappa shape index (κ2) is 56.2. The molecule has 0 amide bonds. The van der Waals surface area contributed by atoms with Crippen molar-refractivity contribution in [1.82, 2.24) is 0 Å².